The van der Waals surface area contributed by atoms with Crippen LogP contribution in [0.15, 0.2) is 24.3 Å². The fourth-order valence-electron chi connectivity index (χ4n) is 2.09. The van der Waals surface area contributed by atoms with Crippen LogP contribution in [0, 0.1) is 12.1 Å². The standard InChI is InChI=1S/C14H12O3/c1-15-13-11-5-3-2-4-10(11)6-7-12(13)14-16-8-9-17-14/h3,5-7,14H,8-9H2,1H3. The molecule has 2 aromatic carbocycles. The predicted octanol–water partition coefficient (Wildman–Crippen LogP) is 2.49. The highest BCUT2D eigenvalue weighted by atomic mass is 16.7. The second-order valence-corrected chi connectivity index (χ2v) is 3.83. The largest absolute Gasteiger partial charge is 0.496 e. The van der Waals surface area contributed by atoms with E-state index >= 15 is 0 Å². The van der Waals surface area contributed by atoms with E-state index in [2.05, 4.69) is 12.1 Å². The lowest BCUT2D eigenvalue weighted by Gasteiger charge is -2.15. The molecule has 2 aromatic rings. The first-order chi connectivity index (χ1) is 8.40. The molecule has 0 saturated carbocycles. The maximum absolute atomic E-state index is 5.51. The van der Waals surface area contributed by atoms with Crippen molar-refractivity contribution in [1.29, 1.82) is 0 Å². The second-order valence-electron chi connectivity index (χ2n) is 3.83. The highest BCUT2D eigenvalue weighted by molar-refractivity contribution is 5.88. The van der Waals surface area contributed by atoms with Gasteiger partial charge in [-0.1, -0.05) is 12.1 Å². The summed E-state index contributed by atoms with van der Waals surface area (Å²) in [6.07, 6.45) is -0.321. The van der Waals surface area contributed by atoms with Crippen molar-refractivity contribution in [2.75, 3.05) is 20.3 Å². The first kappa shape index (κ1) is 10.4. The Labute approximate surface area is 99.9 Å². The van der Waals surface area contributed by atoms with E-state index in [1.807, 2.05) is 24.3 Å². The molecule has 3 heteroatoms. The van der Waals surface area contributed by atoms with Crippen molar-refractivity contribution < 1.29 is 14.2 Å². The number of rotatable bonds is 2. The molecule has 0 atom stereocenters. The predicted molar refractivity (Wildman–Crippen MR) is 62.8 cm³/mol. The maximum atomic E-state index is 5.51. The van der Waals surface area contributed by atoms with Gasteiger partial charge in [-0.3, -0.25) is 0 Å². The molecule has 3 rings (SSSR count). The summed E-state index contributed by atoms with van der Waals surface area (Å²) in [5.74, 6) is 0.791. The third kappa shape index (κ3) is 1.72. The van der Waals surface area contributed by atoms with Crippen LogP contribution in [0.4, 0.5) is 0 Å². The van der Waals surface area contributed by atoms with Crippen LogP contribution in [0.2, 0.25) is 0 Å². The number of benzene rings is 1. The van der Waals surface area contributed by atoms with Crippen molar-refractivity contribution in [3.05, 3.63) is 42.0 Å². The topological polar surface area (TPSA) is 27.7 Å². The number of methoxy groups -OCH3 is 1. The Hall–Kier alpha value is -1.76. The molecular formula is C14H12O3. The van der Waals surface area contributed by atoms with E-state index in [9.17, 15) is 0 Å². The Morgan fingerprint density at radius 1 is 1.24 bits per heavy atom. The van der Waals surface area contributed by atoms with Crippen LogP contribution in [0.3, 0.4) is 0 Å². The number of hydrogen-bond acceptors (Lipinski definition) is 3. The lowest BCUT2D eigenvalue weighted by molar-refractivity contribution is -0.0453. The molecule has 0 N–H and O–H groups in total. The van der Waals surface area contributed by atoms with Crippen LogP contribution in [-0.4, -0.2) is 20.3 Å². The average Bonchev–Trinajstić information content (AvgIpc) is 2.91. The monoisotopic (exact) mass is 228 g/mol. The van der Waals surface area contributed by atoms with E-state index in [-0.39, 0.29) is 6.29 Å². The van der Waals surface area contributed by atoms with Crippen LogP contribution >= 0.6 is 0 Å². The van der Waals surface area contributed by atoms with Gasteiger partial charge in [-0.2, -0.15) is 0 Å². The zero-order chi connectivity index (χ0) is 11.7. The third-order valence-corrected chi connectivity index (χ3v) is 2.85. The van der Waals surface area contributed by atoms with Crippen molar-refractivity contribution in [2.24, 2.45) is 0 Å². The van der Waals surface area contributed by atoms with Crippen LogP contribution < -0.4 is 4.74 Å². The molecule has 86 valence electrons. The molecule has 0 bridgehead atoms. The summed E-state index contributed by atoms with van der Waals surface area (Å²) in [4.78, 5) is 0. The van der Waals surface area contributed by atoms with Gasteiger partial charge in [-0.05, 0) is 24.3 Å². The fraction of sp³-hybridized carbons (Fsp3) is 0.286. The van der Waals surface area contributed by atoms with Gasteiger partial charge in [-0.25, -0.2) is 0 Å². The normalized spacial score (nSPS) is 16.1. The molecule has 1 aliphatic heterocycles. The van der Waals surface area contributed by atoms with Gasteiger partial charge in [0.25, 0.3) is 0 Å². The lowest BCUT2D eigenvalue weighted by atomic mass is 10.1. The first-order valence-electron chi connectivity index (χ1n) is 5.52. The SMILES string of the molecule is COc1c(C2OCCO2)ccc2c#cccc12. The number of fused-ring (bicyclic) bond motifs is 1. The average molecular weight is 228 g/mol. The molecule has 0 aromatic heterocycles. The zero-order valence-electron chi connectivity index (χ0n) is 9.53. The molecule has 1 fully saturated rings. The van der Waals surface area contributed by atoms with Crippen molar-refractivity contribution in [2.45, 2.75) is 6.29 Å². The molecule has 1 heterocycles. The zero-order valence-corrected chi connectivity index (χ0v) is 9.53. The molecule has 1 saturated heterocycles. The molecule has 0 aliphatic carbocycles. The number of hydrogen-bond donors (Lipinski definition) is 0. The van der Waals surface area contributed by atoms with E-state index in [0.717, 1.165) is 22.1 Å². The maximum Gasteiger partial charge on any atom is 0.187 e. The van der Waals surface area contributed by atoms with Gasteiger partial charge in [0.1, 0.15) is 5.75 Å². The third-order valence-electron chi connectivity index (χ3n) is 2.85. The quantitative estimate of drug-likeness (QED) is 0.790. The molecule has 1 aliphatic rings. The molecular weight excluding hydrogens is 216 g/mol. The van der Waals surface area contributed by atoms with E-state index < -0.39 is 0 Å². The van der Waals surface area contributed by atoms with Gasteiger partial charge >= 0.3 is 0 Å². The second kappa shape index (κ2) is 4.25. The Kier molecular flexibility index (Phi) is 2.60. The van der Waals surface area contributed by atoms with Gasteiger partial charge < -0.3 is 14.2 Å². The van der Waals surface area contributed by atoms with Crippen LogP contribution in [-0.2, 0) is 9.47 Å². The molecule has 17 heavy (non-hydrogen) atoms. The van der Waals surface area contributed by atoms with Crippen LogP contribution in [0.25, 0.3) is 10.8 Å². The Morgan fingerprint density at radius 2 is 2.06 bits per heavy atom. The van der Waals surface area contributed by atoms with Crippen LogP contribution in [0.5, 0.6) is 5.75 Å². The smallest absolute Gasteiger partial charge is 0.187 e. The van der Waals surface area contributed by atoms with Gasteiger partial charge in [0.2, 0.25) is 0 Å². The first-order valence-corrected chi connectivity index (χ1v) is 5.52. The van der Waals surface area contributed by atoms with Crippen molar-refractivity contribution in [3.8, 4) is 5.75 Å². The highest BCUT2D eigenvalue weighted by Crippen LogP contribution is 2.36. The molecule has 0 spiro atoms. The Bertz CT molecular complexity index is 530. The van der Waals surface area contributed by atoms with E-state index in [0.29, 0.717) is 13.2 Å². The molecule has 3 nitrogen and oxygen atoms in total. The minimum absolute atomic E-state index is 0.321. The van der Waals surface area contributed by atoms with Gasteiger partial charge in [-0.15, -0.1) is 0 Å². The summed E-state index contributed by atoms with van der Waals surface area (Å²) in [6, 6.07) is 13.7. The summed E-state index contributed by atoms with van der Waals surface area (Å²) >= 11 is 0. The van der Waals surface area contributed by atoms with Crippen molar-refractivity contribution in [1.82, 2.24) is 0 Å². The van der Waals surface area contributed by atoms with E-state index in [1.165, 1.54) is 0 Å². The minimum Gasteiger partial charge on any atom is -0.496 e. The molecule has 0 radical (unpaired) electrons. The Balaban J connectivity index is 2.17. The molecule has 0 amide bonds. The highest BCUT2D eigenvalue weighted by Gasteiger charge is 2.23. The fourth-order valence-corrected chi connectivity index (χ4v) is 2.09. The summed E-state index contributed by atoms with van der Waals surface area (Å²) in [5, 5.41) is 1.98. The van der Waals surface area contributed by atoms with E-state index in [4.69, 9.17) is 14.2 Å². The summed E-state index contributed by atoms with van der Waals surface area (Å²) < 4.78 is 16.5. The molecule has 0 unspecified atom stereocenters. The summed E-state index contributed by atoms with van der Waals surface area (Å²) in [6.45, 7) is 1.25. The Morgan fingerprint density at radius 3 is 2.82 bits per heavy atom. The van der Waals surface area contributed by atoms with Crippen LogP contribution in [0.1, 0.15) is 11.9 Å². The number of ether oxygens (including phenoxy) is 3. The minimum atomic E-state index is -0.321. The lowest BCUT2D eigenvalue weighted by Crippen LogP contribution is -2.01. The van der Waals surface area contributed by atoms with Gasteiger partial charge in [0.15, 0.2) is 6.29 Å². The van der Waals surface area contributed by atoms with Crippen molar-refractivity contribution >= 4 is 10.8 Å². The summed E-state index contributed by atoms with van der Waals surface area (Å²) in [5.41, 5.74) is 0.928. The van der Waals surface area contributed by atoms with Gasteiger partial charge in [0, 0.05) is 10.8 Å². The van der Waals surface area contributed by atoms with Gasteiger partial charge in [0.05, 0.1) is 25.9 Å². The van der Waals surface area contributed by atoms with E-state index in [1.54, 1.807) is 7.11 Å². The summed E-state index contributed by atoms with van der Waals surface area (Å²) in [7, 11) is 1.66. The van der Waals surface area contributed by atoms with Crippen molar-refractivity contribution in [3.63, 3.8) is 0 Å².